The Morgan fingerprint density at radius 2 is 1.90 bits per heavy atom. The first kappa shape index (κ1) is 20.0. The highest BCUT2D eigenvalue weighted by molar-refractivity contribution is 5.80. The zero-order valence-electron chi connectivity index (χ0n) is 17.3. The van der Waals surface area contributed by atoms with Gasteiger partial charge in [0.25, 0.3) is 0 Å². The van der Waals surface area contributed by atoms with Gasteiger partial charge in [0.15, 0.2) is 0 Å². The minimum Gasteiger partial charge on any atom is -0.497 e. The van der Waals surface area contributed by atoms with Crippen LogP contribution in [-0.2, 0) is 17.6 Å². The van der Waals surface area contributed by atoms with E-state index in [9.17, 15) is 4.79 Å². The van der Waals surface area contributed by atoms with Crippen LogP contribution >= 0.6 is 0 Å². The molecule has 0 bridgehead atoms. The van der Waals surface area contributed by atoms with E-state index in [2.05, 4.69) is 40.5 Å². The number of carbonyl (C=O) groups excluding carboxylic acids is 1. The van der Waals surface area contributed by atoms with Gasteiger partial charge in [0.1, 0.15) is 5.75 Å². The molecule has 4 rings (SSSR count). The van der Waals surface area contributed by atoms with Gasteiger partial charge >= 0.3 is 0 Å². The van der Waals surface area contributed by atoms with E-state index >= 15 is 0 Å². The number of nitrogens with one attached hydrogen (secondary N) is 1. The molecule has 0 saturated carbocycles. The van der Waals surface area contributed by atoms with Crippen LogP contribution in [0.4, 0.5) is 0 Å². The highest BCUT2D eigenvalue weighted by Gasteiger charge is 2.43. The van der Waals surface area contributed by atoms with Gasteiger partial charge < -0.3 is 15.0 Å². The summed E-state index contributed by atoms with van der Waals surface area (Å²) in [5.74, 6) is 1.05. The molecule has 0 radical (unpaired) electrons. The zero-order chi connectivity index (χ0) is 20.1. The lowest BCUT2D eigenvalue weighted by molar-refractivity contribution is -0.133. The molecule has 2 aromatic carbocycles. The normalized spacial score (nSPS) is 24.4. The van der Waals surface area contributed by atoms with Crippen molar-refractivity contribution in [3.8, 4) is 5.75 Å². The lowest BCUT2D eigenvalue weighted by atomic mass is 9.98. The number of carbonyl (C=O) groups is 1. The van der Waals surface area contributed by atoms with E-state index in [4.69, 9.17) is 4.74 Å². The van der Waals surface area contributed by atoms with Crippen LogP contribution in [0.3, 0.4) is 0 Å². The number of ether oxygens (including phenoxy) is 1. The monoisotopic (exact) mass is 392 g/mol. The first-order chi connectivity index (χ1) is 14.2. The summed E-state index contributed by atoms with van der Waals surface area (Å²) in [6.07, 6.45) is 7.22. The maximum absolute atomic E-state index is 13.5. The molecule has 2 aliphatic heterocycles. The highest BCUT2D eigenvalue weighted by atomic mass is 16.5. The second-order valence-electron chi connectivity index (χ2n) is 8.39. The maximum atomic E-state index is 13.5. The first-order valence-electron chi connectivity index (χ1n) is 11.0. The molecule has 2 heterocycles. The molecular formula is C25H32N2O2. The molecular weight excluding hydrogens is 360 g/mol. The van der Waals surface area contributed by atoms with E-state index in [-0.39, 0.29) is 11.9 Å². The number of fused-ring (bicyclic) bond motifs is 1. The molecule has 2 aliphatic rings. The molecule has 2 fully saturated rings. The number of nitrogens with zero attached hydrogens (tertiary/aromatic N) is 1. The number of benzene rings is 2. The Kier molecular flexibility index (Phi) is 6.50. The molecule has 29 heavy (non-hydrogen) atoms. The Morgan fingerprint density at radius 3 is 2.72 bits per heavy atom. The van der Waals surface area contributed by atoms with E-state index in [0.29, 0.717) is 18.5 Å². The third-order valence-corrected chi connectivity index (χ3v) is 6.42. The summed E-state index contributed by atoms with van der Waals surface area (Å²) in [6, 6.07) is 19.5. The fraction of sp³-hybridized carbons (Fsp3) is 0.480. The standard InChI is InChI=1S/C25H32N2O2/c1-29-22-12-8-11-20(16-22)17-25(28)27-21(15-19-9-4-2-5-10-19)18-23-24(27)13-6-3-7-14-26-23/h2,4-5,8-12,16,21,23-24,26H,3,6-7,13-15,17-18H2,1H3/t21-,23+,24-/m1/s1. The van der Waals surface area contributed by atoms with E-state index in [1.165, 1.54) is 24.8 Å². The van der Waals surface area contributed by atoms with Gasteiger partial charge in [0, 0.05) is 18.1 Å². The van der Waals surface area contributed by atoms with Crippen LogP contribution in [0.1, 0.15) is 43.2 Å². The SMILES string of the molecule is COc1cccc(CC(=O)N2[C@H](Cc3ccccc3)C[C@@H]3NCCCCC[C@H]32)c1. The minimum absolute atomic E-state index is 0.244. The topological polar surface area (TPSA) is 41.6 Å². The van der Waals surface area contributed by atoms with Crippen molar-refractivity contribution < 1.29 is 9.53 Å². The molecule has 4 nitrogen and oxygen atoms in total. The van der Waals surface area contributed by atoms with Crippen molar-refractivity contribution in [1.82, 2.24) is 10.2 Å². The third kappa shape index (κ3) is 4.81. The van der Waals surface area contributed by atoms with Gasteiger partial charge in [-0.05, 0) is 55.5 Å². The second kappa shape index (κ2) is 9.45. The second-order valence-corrected chi connectivity index (χ2v) is 8.39. The fourth-order valence-corrected chi connectivity index (χ4v) is 5.04. The van der Waals surface area contributed by atoms with Gasteiger partial charge in [-0.1, -0.05) is 55.3 Å². The van der Waals surface area contributed by atoms with Crippen molar-refractivity contribution >= 4 is 5.91 Å². The highest BCUT2D eigenvalue weighted by Crippen LogP contribution is 2.32. The minimum atomic E-state index is 0.244. The third-order valence-electron chi connectivity index (χ3n) is 6.42. The number of hydrogen-bond donors (Lipinski definition) is 1. The van der Waals surface area contributed by atoms with Crippen LogP contribution < -0.4 is 10.1 Å². The fourth-order valence-electron chi connectivity index (χ4n) is 5.04. The van der Waals surface area contributed by atoms with Crippen LogP contribution in [0.25, 0.3) is 0 Å². The molecule has 1 amide bonds. The predicted molar refractivity (Wildman–Crippen MR) is 116 cm³/mol. The van der Waals surface area contributed by atoms with Gasteiger partial charge in [-0.3, -0.25) is 4.79 Å². The van der Waals surface area contributed by atoms with Gasteiger partial charge in [0.05, 0.1) is 13.5 Å². The lowest BCUT2D eigenvalue weighted by Gasteiger charge is -2.33. The average Bonchev–Trinajstić information content (AvgIpc) is 3.05. The molecule has 2 saturated heterocycles. The van der Waals surface area contributed by atoms with Crippen LogP contribution in [0, 0.1) is 0 Å². The number of rotatable bonds is 5. The quantitative estimate of drug-likeness (QED) is 0.837. The molecule has 154 valence electrons. The lowest BCUT2D eigenvalue weighted by Crippen LogP contribution is -2.48. The van der Waals surface area contributed by atoms with E-state index in [0.717, 1.165) is 37.1 Å². The molecule has 0 aliphatic carbocycles. The number of hydrogen-bond acceptors (Lipinski definition) is 3. The molecule has 1 N–H and O–H groups in total. The number of amides is 1. The van der Waals surface area contributed by atoms with Crippen LogP contribution in [-0.4, -0.2) is 42.6 Å². The van der Waals surface area contributed by atoms with Crippen molar-refractivity contribution in [2.24, 2.45) is 0 Å². The van der Waals surface area contributed by atoms with E-state index < -0.39 is 0 Å². The zero-order valence-corrected chi connectivity index (χ0v) is 17.3. The Labute approximate surface area is 174 Å². The Morgan fingerprint density at radius 1 is 1.07 bits per heavy atom. The van der Waals surface area contributed by atoms with Gasteiger partial charge in [-0.15, -0.1) is 0 Å². The first-order valence-corrected chi connectivity index (χ1v) is 11.0. The van der Waals surface area contributed by atoms with Gasteiger partial charge in [0.2, 0.25) is 5.91 Å². The van der Waals surface area contributed by atoms with Gasteiger partial charge in [-0.25, -0.2) is 0 Å². The van der Waals surface area contributed by atoms with Crippen molar-refractivity contribution in [3.05, 3.63) is 65.7 Å². The maximum Gasteiger partial charge on any atom is 0.227 e. The molecule has 0 spiro atoms. The summed E-state index contributed by atoms with van der Waals surface area (Å²) in [4.78, 5) is 15.8. The van der Waals surface area contributed by atoms with Gasteiger partial charge in [-0.2, -0.15) is 0 Å². The van der Waals surface area contributed by atoms with Crippen molar-refractivity contribution in [1.29, 1.82) is 0 Å². The summed E-state index contributed by atoms with van der Waals surface area (Å²) in [7, 11) is 1.67. The summed E-state index contributed by atoms with van der Waals surface area (Å²) in [5.41, 5.74) is 2.33. The molecule has 4 heteroatoms. The molecule has 0 unspecified atom stereocenters. The van der Waals surface area contributed by atoms with E-state index in [1.54, 1.807) is 7.11 Å². The largest absolute Gasteiger partial charge is 0.497 e. The predicted octanol–water partition coefficient (Wildman–Crippen LogP) is 3.98. The Bertz CT molecular complexity index is 807. The summed E-state index contributed by atoms with van der Waals surface area (Å²) >= 11 is 0. The molecule has 0 aromatic heterocycles. The Balaban J connectivity index is 1.56. The average molecular weight is 393 g/mol. The van der Waals surface area contributed by atoms with Crippen molar-refractivity contribution in [2.75, 3.05) is 13.7 Å². The molecule has 3 atom stereocenters. The number of methoxy groups -OCH3 is 1. The van der Waals surface area contributed by atoms with Crippen LogP contribution in [0.5, 0.6) is 5.75 Å². The van der Waals surface area contributed by atoms with Crippen molar-refractivity contribution in [3.63, 3.8) is 0 Å². The van der Waals surface area contributed by atoms with E-state index in [1.807, 2.05) is 24.3 Å². The smallest absolute Gasteiger partial charge is 0.227 e. The summed E-state index contributed by atoms with van der Waals surface area (Å²) in [5, 5.41) is 3.75. The van der Waals surface area contributed by atoms with Crippen LogP contribution in [0.2, 0.25) is 0 Å². The number of likely N-dealkylation sites (tertiary alicyclic amines) is 1. The molecule has 2 aromatic rings. The van der Waals surface area contributed by atoms with Crippen molar-refractivity contribution in [2.45, 2.75) is 63.1 Å². The summed E-state index contributed by atoms with van der Waals surface area (Å²) < 4.78 is 5.34. The Hall–Kier alpha value is -2.33. The van der Waals surface area contributed by atoms with Crippen LogP contribution in [0.15, 0.2) is 54.6 Å². The summed E-state index contributed by atoms with van der Waals surface area (Å²) in [6.45, 7) is 1.07.